The van der Waals surface area contributed by atoms with Crippen molar-refractivity contribution < 1.29 is 9.57 Å². The number of aryl methyl sites for hydroxylation is 3. The van der Waals surface area contributed by atoms with Gasteiger partial charge in [0.1, 0.15) is 18.6 Å². The number of oxime groups is 1. The van der Waals surface area contributed by atoms with Gasteiger partial charge in [-0.25, -0.2) is 4.98 Å². The number of nitrogens with zero attached hydrogens (tertiary/aromatic N) is 4. The first-order valence-corrected chi connectivity index (χ1v) is 9.54. The molecule has 0 fully saturated rings. The Morgan fingerprint density at radius 3 is 2.67 bits per heavy atom. The summed E-state index contributed by atoms with van der Waals surface area (Å²) in [5.74, 6) is 2.13. The van der Waals surface area contributed by atoms with E-state index in [1.54, 1.807) is 18.3 Å². The third kappa shape index (κ3) is 4.10. The van der Waals surface area contributed by atoms with Crippen LogP contribution in [0.25, 0.3) is 11.0 Å². The van der Waals surface area contributed by atoms with Crippen molar-refractivity contribution in [2.24, 2.45) is 12.2 Å². The van der Waals surface area contributed by atoms with Crippen LogP contribution in [0, 0.1) is 13.8 Å². The standard InChI is InChI=1S/C23H23N5O2/c1-15-5-7-20(16(2)11-15)26-23-27-21-13-18(6-8-22(21)28(23)3)30-19-9-10-24-17(12-19)14-25-29-4/h5-14H,1-4H3,(H,26,27). The van der Waals surface area contributed by atoms with E-state index in [-0.39, 0.29) is 0 Å². The molecule has 7 heteroatoms. The molecule has 2 heterocycles. The number of hydrogen-bond acceptors (Lipinski definition) is 6. The summed E-state index contributed by atoms with van der Waals surface area (Å²) in [7, 11) is 3.48. The number of imidazole rings is 1. The molecule has 4 aromatic rings. The van der Waals surface area contributed by atoms with Crippen LogP contribution in [0.3, 0.4) is 0 Å². The van der Waals surface area contributed by atoms with Crippen LogP contribution >= 0.6 is 0 Å². The average molecular weight is 401 g/mol. The minimum atomic E-state index is 0.646. The molecule has 152 valence electrons. The maximum Gasteiger partial charge on any atom is 0.208 e. The van der Waals surface area contributed by atoms with Gasteiger partial charge in [0.15, 0.2) is 0 Å². The number of rotatable bonds is 6. The van der Waals surface area contributed by atoms with Crippen LogP contribution in [0.4, 0.5) is 11.6 Å². The highest BCUT2D eigenvalue weighted by Gasteiger charge is 2.11. The minimum Gasteiger partial charge on any atom is -0.457 e. The van der Waals surface area contributed by atoms with Crippen molar-refractivity contribution in [3.63, 3.8) is 0 Å². The highest BCUT2D eigenvalue weighted by Crippen LogP contribution is 2.28. The zero-order chi connectivity index (χ0) is 21.1. The maximum atomic E-state index is 5.99. The average Bonchev–Trinajstić information content (AvgIpc) is 3.03. The summed E-state index contributed by atoms with van der Waals surface area (Å²) in [6, 6.07) is 15.7. The molecule has 0 amide bonds. The van der Waals surface area contributed by atoms with Crippen molar-refractivity contribution in [1.82, 2.24) is 14.5 Å². The predicted octanol–water partition coefficient (Wildman–Crippen LogP) is 5.10. The number of anilines is 2. The fourth-order valence-electron chi connectivity index (χ4n) is 3.23. The normalized spacial score (nSPS) is 11.2. The van der Waals surface area contributed by atoms with Crippen molar-refractivity contribution in [3.8, 4) is 11.5 Å². The van der Waals surface area contributed by atoms with E-state index in [1.807, 2.05) is 29.8 Å². The second-order valence-corrected chi connectivity index (χ2v) is 7.02. The van der Waals surface area contributed by atoms with Crippen LogP contribution in [-0.2, 0) is 11.9 Å². The number of fused-ring (bicyclic) bond motifs is 1. The topological polar surface area (TPSA) is 73.6 Å². The van der Waals surface area contributed by atoms with Crippen LogP contribution in [0.5, 0.6) is 11.5 Å². The lowest BCUT2D eigenvalue weighted by Gasteiger charge is -2.09. The zero-order valence-corrected chi connectivity index (χ0v) is 17.4. The molecule has 0 saturated heterocycles. The molecule has 30 heavy (non-hydrogen) atoms. The van der Waals surface area contributed by atoms with Crippen LogP contribution in [0.15, 0.2) is 59.9 Å². The lowest BCUT2D eigenvalue weighted by atomic mass is 10.1. The van der Waals surface area contributed by atoms with Crippen molar-refractivity contribution >= 4 is 28.9 Å². The Balaban J connectivity index is 1.60. The van der Waals surface area contributed by atoms with Gasteiger partial charge >= 0.3 is 0 Å². The van der Waals surface area contributed by atoms with Crippen molar-refractivity contribution in [2.45, 2.75) is 13.8 Å². The van der Waals surface area contributed by atoms with E-state index in [4.69, 9.17) is 14.6 Å². The van der Waals surface area contributed by atoms with E-state index in [0.29, 0.717) is 17.2 Å². The Bertz CT molecular complexity index is 1230. The second kappa shape index (κ2) is 8.24. The minimum absolute atomic E-state index is 0.646. The molecule has 1 N–H and O–H groups in total. The first-order chi connectivity index (χ1) is 14.5. The Hall–Kier alpha value is -3.87. The maximum absolute atomic E-state index is 5.99. The highest BCUT2D eigenvalue weighted by molar-refractivity contribution is 5.81. The molecule has 2 aromatic carbocycles. The van der Waals surface area contributed by atoms with E-state index in [0.717, 1.165) is 22.7 Å². The van der Waals surface area contributed by atoms with Crippen LogP contribution in [-0.4, -0.2) is 27.9 Å². The fraction of sp³-hybridized carbons (Fsp3) is 0.174. The Labute approximate surface area is 175 Å². The quantitative estimate of drug-likeness (QED) is 0.359. The largest absolute Gasteiger partial charge is 0.457 e. The number of benzene rings is 2. The van der Waals surface area contributed by atoms with E-state index >= 15 is 0 Å². The van der Waals surface area contributed by atoms with Gasteiger partial charge < -0.3 is 19.5 Å². The van der Waals surface area contributed by atoms with Gasteiger partial charge in [0.2, 0.25) is 5.95 Å². The van der Waals surface area contributed by atoms with E-state index in [1.165, 1.54) is 24.5 Å². The molecule has 2 aromatic heterocycles. The number of hydrogen-bond donors (Lipinski definition) is 1. The SMILES string of the molecule is CON=Cc1cc(Oc2ccc3c(c2)nc(Nc2ccc(C)cc2C)n3C)ccn1. The molecule has 4 rings (SSSR count). The Morgan fingerprint density at radius 1 is 1.03 bits per heavy atom. The van der Waals surface area contributed by atoms with Crippen LogP contribution in [0.1, 0.15) is 16.8 Å². The van der Waals surface area contributed by atoms with Gasteiger partial charge in [0.25, 0.3) is 0 Å². The summed E-state index contributed by atoms with van der Waals surface area (Å²) >= 11 is 0. The van der Waals surface area contributed by atoms with Gasteiger partial charge in [-0.2, -0.15) is 0 Å². The fourth-order valence-corrected chi connectivity index (χ4v) is 3.23. The van der Waals surface area contributed by atoms with Gasteiger partial charge in [0.05, 0.1) is 22.9 Å². The Morgan fingerprint density at radius 2 is 1.87 bits per heavy atom. The van der Waals surface area contributed by atoms with Crippen molar-refractivity contribution in [1.29, 1.82) is 0 Å². The van der Waals surface area contributed by atoms with E-state index < -0.39 is 0 Å². The van der Waals surface area contributed by atoms with Gasteiger partial charge in [-0.3, -0.25) is 4.98 Å². The summed E-state index contributed by atoms with van der Waals surface area (Å²) in [5, 5.41) is 7.16. The van der Waals surface area contributed by atoms with Crippen molar-refractivity contribution in [3.05, 3.63) is 71.5 Å². The summed E-state index contributed by atoms with van der Waals surface area (Å²) in [6.45, 7) is 4.17. The Kier molecular flexibility index (Phi) is 5.34. The third-order valence-electron chi connectivity index (χ3n) is 4.76. The molecule has 0 aliphatic rings. The molecular formula is C23H23N5O2. The van der Waals surface area contributed by atoms with Crippen molar-refractivity contribution in [2.75, 3.05) is 12.4 Å². The van der Waals surface area contributed by atoms with Crippen LogP contribution < -0.4 is 10.1 Å². The molecule has 0 aliphatic heterocycles. The lowest BCUT2D eigenvalue weighted by Crippen LogP contribution is -2.00. The predicted molar refractivity (Wildman–Crippen MR) is 119 cm³/mol. The first-order valence-electron chi connectivity index (χ1n) is 9.54. The first kappa shape index (κ1) is 19.4. The molecule has 0 unspecified atom stereocenters. The highest BCUT2D eigenvalue weighted by atomic mass is 16.6. The summed E-state index contributed by atoms with van der Waals surface area (Å²) in [6.07, 6.45) is 3.19. The lowest BCUT2D eigenvalue weighted by molar-refractivity contribution is 0.215. The zero-order valence-electron chi connectivity index (χ0n) is 17.4. The number of aromatic nitrogens is 3. The molecule has 7 nitrogen and oxygen atoms in total. The third-order valence-corrected chi connectivity index (χ3v) is 4.76. The summed E-state index contributed by atoms with van der Waals surface area (Å²) in [5.41, 5.74) is 5.95. The van der Waals surface area contributed by atoms with Gasteiger partial charge in [-0.15, -0.1) is 0 Å². The molecule has 0 aliphatic carbocycles. The second-order valence-electron chi connectivity index (χ2n) is 7.02. The van der Waals surface area contributed by atoms with Gasteiger partial charge in [-0.1, -0.05) is 22.9 Å². The summed E-state index contributed by atoms with van der Waals surface area (Å²) < 4.78 is 8.03. The number of pyridine rings is 1. The monoisotopic (exact) mass is 401 g/mol. The molecule has 0 saturated carbocycles. The van der Waals surface area contributed by atoms with E-state index in [2.05, 4.69) is 47.5 Å². The van der Waals surface area contributed by atoms with Crippen LogP contribution in [0.2, 0.25) is 0 Å². The molecule has 0 atom stereocenters. The molecule has 0 bridgehead atoms. The van der Waals surface area contributed by atoms with E-state index in [9.17, 15) is 0 Å². The smallest absolute Gasteiger partial charge is 0.208 e. The molecule has 0 radical (unpaired) electrons. The molecule has 0 spiro atoms. The number of ether oxygens (including phenoxy) is 1. The van der Waals surface area contributed by atoms with Gasteiger partial charge in [0, 0.05) is 31.1 Å². The summed E-state index contributed by atoms with van der Waals surface area (Å²) in [4.78, 5) is 13.6. The molecular weight excluding hydrogens is 378 g/mol. The number of nitrogens with one attached hydrogen (secondary N) is 1. The van der Waals surface area contributed by atoms with Gasteiger partial charge in [-0.05, 0) is 43.7 Å².